The summed E-state index contributed by atoms with van der Waals surface area (Å²) in [6.07, 6.45) is 5.58. The van der Waals surface area contributed by atoms with Gasteiger partial charge in [-0.1, -0.05) is 20.8 Å². The Morgan fingerprint density at radius 3 is 2.49 bits per heavy atom. The largest absolute Gasteiger partial charge is 0.748 e. The van der Waals surface area contributed by atoms with Gasteiger partial charge >= 0.3 is 0 Å². The Morgan fingerprint density at radius 2 is 1.80 bits per heavy atom. The number of aliphatic hydroxyl groups is 3. The monoisotopic (exact) mass is 514 g/mol. The van der Waals surface area contributed by atoms with Crippen molar-refractivity contribution in [2.45, 2.75) is 96.9 Å². The number of carbonyl (C=O) groups excluding carboxylic acids is 1. The van der Waals surface area contributed by atoms with Crippen molar-refractivity contribution >= 4 is 16.0 Å². The van der Waals surface area contributed by atoms with E-state index in [2.05, 4.69) is 26.1 Å². The second kappa shape index (κ2) is 9.86. The minimum atomic E-state index is -4.35. The molecule has 0 spiro atoms. The fourth-order valence-electron chi connectivity index (χ4n) is 9.10. The van der Waals surface area contributed by atoms with Crippen molar-refractivity contribution in [1.82, 2.24) is 5.32 Å². The molecule has 4 N–H and O–H groups in total. The van der Waals surface area contributed by atoms with E-state index in [1.54, 1.807) is 0 Å². The average Bonchev–Trinajstić information content (AvgIpc) is 3.12. The van der Waals surface area contributed by atoms with Crippen molar-refractivity contribution in [3.8, 4) is 0 Å². The Labute approximate surface area is 210 Å². The van der Waals surface area contributed by atoms with Crippen molar-refractivity contribution in [3.05, 3.63) is 0 Å². The first-order valence-corrected chi connectivity index (χ1v) is 15.1. The maximum Gasteiger partial charge on any atom is 0.220 e. The smallest absolute Gasteiger partial charge is 0.220 e. The molecule has 4 aliphatic carbocycles. The number of carbonyl (C=O) groups is 1. The van der Waals surface area contributed by atoms with E-state index in [-0.39, 0.29) is 65.4 Å². The molecule has 0 aromatic rings. The molecule has 202 valence electrons. The number of fused-ring (bicyclic) bond motifs is 5. The molecule has 0 bridgehead atoms. The van der Waals surface area contributed by atoms with Crippen molar-refractivity contribution in [2.75, 3.05) is 12.3 Å². The third-order valence-electron chi connectivity index (χ3n) is 11.0. The van der Waals surface area contributed by atoms with Crippen LogP contribution in [0.2, 0.25) is 0 Å². The van der Waals surface area contributed by atoms with Crippen LogP contribution in [0.25, 0.3) is 0 Å². The van der Waals surface area contributed by atoms with Gasteiger partial charge in [0.2, 0.25) is 5.91 Å². The lowest BCUT2D eigenvalue weighted by molar-refractivity contribution is -0.207. The Bertz CT molecular complexity index is 896. The van der Waals surface area contributed by atoms with Gasteiger partial charge in [-0.05, 0) is 97.7 Å². The molecule has 8 nitrogen and oxygen atoms in total. The second-order valence-electron chi connectivity index (χ2n) is 12.7. The minimum Gasteiger partial charge on any atom is -0.748 e. The van der Waals surface area contributed by atoms with Gasteiger partial charge in [0.25, 0.3) is 0 Å². The highest BCUT2D eigenvalue weighted by Crippen LogP contribution is 2.68. The zero-order valence-electron chi connectivity index (χ0n) is 21.4. The van der Waals surface area contributed by atoms with E-state index in [0.717, 1.165) is 38.5 Å². The van der Waals surface area contributed by atoms with Crippen LogP contribution in [-0.2, 0) is 14.9 Å². The van der Waals surface area contributed by atoms with Crippen LogP contribution in [0, 0.1) is 46.3 Å². The van der Waals surface area contributed by atoms with Gasteiger partial charge < -0.3 is 25.2 Å². The van der Waals surface area contributed by atoms with Gasteiger partial charge in [0.05, 0.1) is 34.2 Å². The number of hydrogen-bond donors (Lipinski definition) is 4. The molecule has 11 atom stereocenters. The van der Waals surface area contributed by atoms with Crippen molar-refractivity contribution in [2.24, 2.45) is 46.3 Å². The van der Waals surface area contributed by atoms with Crippen molar-refractivity contribution in [1.29, 1.82) is 0 Å². The lowest BCUT2D eigenvalue weighted by Crippen LogP contribution is -2.62. The lowest BCUT2D eigenvalue weighted by Gasteiger charge is -2.63. The zero-order valence-corrected chi connectivity index (χ0v) is 22.2. The highest BCUT2D eigenvalue weighted by Gasteiger charge is 2.65. The SMILES string of the molecule is C[C@H](CCC(=O)NCCS(=O)(=O)[O-])[C@H]1CCC2C3C(C[C@H](O)[C@@]21C)[C@@]1(C)CC[C@@H](O)CC1C[C@H]3O. The molecule has 4 saturated carbocycles. The van der Waals surface area contributed by atoms with Crippen LogP contribution < -0.4 is 5.32 Å². The van der Waals surface area contributed by atoms with E-state index >= 15 is 0 Å². The summed E-state index contributed by atoms with van der Waals surface area (Å²) in [5.41, 5.74) is -0.267. The molecule has 0 aliphatic heterocycles. The summed E-state index contributed by atoms with van der Waals surface area (Å²) in [5.74, 6) is 0.522. The molecular formula is C26H44NO7S-. The van der Waals surface area contributed by atoms with E-state index in [9.17, 15) is 33.1 Å². The van der Waals surface area contributed by atoms with Gasteiger partial charge in [-0.15, -0.1) is 0 Å². The van der Waals surface area contributed by atoms with Gasteiger partial charge in [-0.2, -0.15) is 0 Å². The molecular weight excluding hydrogens is 470 g/mol. The normalized spacial score (nSPS) is 46.3. The number of nitrogens with one attached hydrogen (secondary N) is 1. The molecule has 4 fully saturated rings. The quantitative estimate of drug-likeness (QED) is 0.380. The van der Waals surface area contributed by atoms with Crippen LogP contribution >= 0.6 is 0 Å². The third-order valence-corrected chi connectivity index (χ3v) is 11.7. The molecule has 0 aromatic carbocycles. The summed E-state index contributed by atoms with van der Waals surface area (Å²) in [6, 6.07) is 0. The fourth-order valence-corrected chi connectivity index (χ4v) is 9.45. The number of aliphatic hydroxyl groups excluding tert-OH is 3. The molecule has 0 aromatic heterocycles. The van der Waals surface area contributed by atoms with Gasteiger partial charge in [0, 0.05) is 13.0 Å². The van der Waals surface area contributed by atoms with Crippen molar-refractivity contribution < 1.29 is 33.1 Å². The highest BCUT2D eigenvalue weighted by atomic mass is 32.2. The number of hydrogen-bond acceptors (Lipinski definition) is 7. The summed E-state index contributed by atoms with van der Waals surface area (Å²) >= 11 is 0. The first-order chi connectivity index (χ1) is 16.3. The summed E-state index contributed by atoms with van der Waals surface area (Å²) in [6.45, 7) is 6.48. The van der Waals surface area contributed by atoms with Crippen molar-refractivity contribution in [3.63, 3.8) is 0 Å². The van der Waals surface area contributed by atoms with E-state index < -0.39 is 28.1 Å². The molecule has 9 heteroatoms. The van der Waals surface area contributed by atoms with Crippen LogP contribution in [0.5, 0.6) is 0 Å². The van der Waals surface area contributed by atoms with Gasteiger partial charge in [-0.3, -0.25) is 4.79 Å². The van der Waals surface area contributed by atoms with Crippen LogP contribution in [0.1, 0.15) is 78.6 Å². The average molecular weight is 515 g/mol. The molecule has 4 rings (SSSR count). The van der Waals surface area contributed by atoms with Crippen LogP contribution in [-0.4, -0.2) is 64.8 Å². The summed E-state index contributed by atoms with van der Waals surface area (Å²) in [7, 11) is -4.35. The molecule has 4 unspecified atom stereocenters. The molecule has 4 aliphatic rings. The summed E-state index contributed by atoms with van der Waals surface area (Å²) in [4.78, 5) is 12.2. The van der Waals surface area contributed by atoms with Crippen LogP contribution in [0.4, 0.5) is 0 Å². The lowest BCUT2D eigenvalue weighted by atomic mass is 9.43. The summed E-state index contributed by atoms with van der Waals surface area (Å²) in [5, 5.41) is 35.7. The molecule has 35 heavy (non-hydrogen) atoms. The maximum atomic E-state index is 12.2. The second-order valence-corrected chi connectivity index (χ2v) is 14.2. The maximum absolute atomic E-state index is 12.2. The Hall–Kier alpha value is -0.740. The Balaban J connectivity index is 1.43. The number of amides is 1. The first-order valence-electron chi connectivity index (χ1n) is 13.5. The fraction of sp³-hybridized carbons (Fsp3) is 0.962. The Morgan fingerprint density at radius 1 is 1.09 bits per heavy atom. The number of rotatable bonds is 7. The topological polar surface area (TPSA) is 147 Å². The van der Waals surface area contributed by atoms with Gasteiger partial charge in [-0.25, -0.2) is 8.42 Å². The van der Waals surface area contributed by atoms with E-state index in [1.165, 1.54) is 0 Å². The Kier molecular flexibility index (Phi) is 7.69. The predicted octanol–water partition coefficient (Wildman–Crippen LogP) is 2.03. The minimum absolute atomic E-state index is 0.0464. The zero-order chi connectivity index (χ0) is 25.8. The van der Waals surface area contributed by atoms with Gasteiger partial charge in [0.1, 0.15) is 0 Å². The van der Waals surface area contributed by atoms with E-state index in [4.69, 9.17) is 0 Å². The standard InChI is InChI=1S/C26H45NO7S/c1-15(4-7-23(31)27-10-11-35(32,33)34)18-5-6-19-24-20(14-22(30)26(18,19)3)25(2)9-8-17(28)12-16(25)13-21(24)29/h15-22,24,28-30H,4-14H2,1-3H3,(H,27,31)(H,32,33,34)/p-1/t15-,16?,17-,18-,19?,20?,21-,22+,24?,25+,26-/m1/s1. The molecule has 0 heterocycles. The van der Waals surface area contributed by atoms with E-state index in [0.29, 0.717) is 18.8 Å². The molecule has 1 amide bonds. The predicted molar refractivity (Wildman–Crippen MR) is 130 cm³/mol. The third kappa shape index (κ3) is 5.05. The van der Waals surface area contributed by atoms with Crippen LogP contribution in [0.3, 0.4) is 0 Å². The van der Waals surface area contributed by atoms with Gasteiger partial charge in [0.15, 0.2) is 0 Å². The summed E-state index contributed by atoms with van der Waals surface area (Å²) < 4.78 is 32.2. The molecule has 0 radical (unpaired) electrons. The first kappa shape index (κ1) is 27.3. The highest BCUT2D eigenvalue weighted by molar-refractivity contribution is 7.85. The van der Waals surface area contributed by atoms with Crippen LogP contribution in [0.15, 0.2) is 0 Å². The molecule has 0 saturated heterocycles. The van der Waals surface area contributed by atoms with E-state index in [1.807, 2.05) is 0 Å².